The summed E-state index contributed by atoms with van der Waals surface area (Å²) in [7, 11) is 3.27. The zero-order chi connectivity index (χ0) is 18.2. The Balaban J connectivity index is 1.72. The van der Waals surface area contributed by atoms with Crippen molar-refractivity contribution < 1.29 is 9.47 Å². The summed E-state index contributed by atoms with van der Waals surface area (Å²) in [6, 6.07) is 5.62. The summed E-state index contributed by atoms with van der Waals surface area (Å²) in [5.41, 5.74) is 0.833. The molecule has 1 aromatic rings. The predicted molar refractivity (Wildman–Crippen MR) is 108 cm³/mol. The minimum atomic E-state index is 0.615. The van der Waals surface area contributed by atoms with Crippen molar-refractivity contribution in [2.45, 2.75) is 26.7 Å². The molecule has 140 valence electrons. The largest absolute Gasteiger partial charge is 0.497 e. The molecule has 1 saturated heterocycles. The van der Waals surface area contributed by atoms with Crippen molar-refractivity contribution in [1.82, 2.24) is 10.2 Å². The number of benzene rings is 1. The standard InChI is InChI=1S/C19H31N3O2S/c1-14-10-15(2)13-22(12-14)9-5-8-20-19(25)21-17-7-6-16(23-3)11-18(17)24-4/h6-7,11,14-15H,5,8-10,12-13H2,1-4H3,(H2,20,21,25). The van der Waals surface area contributed by atoms with Crippen molar-refractivity contribution in [2.24, 2.45) is 11.8 Å². The van der Waals surface area contributed by atoms with Gasteiger partial charge in [0.15, 0.2) is 5.11 Å². The third kappa shape index (κ3) is 6.36. The van der Waals surface area contributed by atoms with E-state index in [9.17, 15) is 0 Å². The van der Waals surface area contributed by atoms with Gasteiger partial charge >= 0.3 is 0 Å². The first-order chi connectivity index (χ1) is 12.0. The van der Waals surface area contributed by atoms with Gasteiger partial charge in [-0.05, 0) is 55.6 Å². The lowest BCUT2D eigenvalue weighted by molar-refractivity contribution is 0.140. The van der Waals surface area contributed by atoms with Crippen LogP contribution in [0.4, 0.5) is 5.69 Å². The second-order valence-corrected chi connectivity index (χ2v) is 7.41. The summed E-state index contributed by atoms with van der Waals surface area (Å²) >= 11 is 5.39. The molecular weight excluding hydrogens is 334 g/mol. The van der Waals surface area contributed by atoms with Gasteiger partial charge < -0.3 is 25.0 Å². The smallest absolute Gasteiger partial charge is 0.170 e. The molecule has 2 unspecified atom stereocenters. The second-order valence-electron chi connectivity index (χ2n) is 7.01. The highest BCUT2D eigenvalue weighted by Gasteiger charge is 2.20. The molecule has 1 heterocycles. The van der Waals surface area contributed by atoms with Gasteiger partial charge in [-0.3, -0.25) is 0 Å². The first-order valence-corrected chi connectivity index (χ1v) is 9.42. The van der Waals surface area contributed by atoms with Gasteiger partial charge in [-0.2, -0.15) is 0 Å². The summed E-state index contributed by atoms with van der Waals surface area (Å²) in [5, 5.41) is 7.09. The van der Waals surface area contributed by atoms with Crippen molar-refractivity contribution in [3.8, 4) is 11.5 Å². The number of piperidine rings is 1. The van der Waals surface area contributed by atoms with Crippen molar-refractivity contribution in [3.05, 3.63) is 18.2 Å². The number of methoxy groups -OCH3 is 2. The Morgan fingerprint density at radius 3 is 2.56 bits per heavy atom. The molecule has 0 saturated carbocycles. The number of hydrogen-bond donors (Lipinski definition) is 2. The summed E-state index contributed by atoms with van der Waals surface area (Å²) in [6.07, 6.45) is 2.44. The monoisotopic (exact) mass is 365 g/mol. The highest BCUT2D eigenvalue weighted by atomic mass is 32.1. The fraction of sp³-hybridized carbons (Fsp3) is 0.632. The van der Waals surface area contributed by atoms with Crippen LogP contribution in [-0.2, 0) is 0 Å². The quantitative estimate of drug-likeness (QED) is 0.571. The average molecular weight is 366 g/mol. The lowest BCUT2D eigenvalue weighted by Gasteiger charge is -2.35. The maximum atomic E-state index is 5.39. The average Bonchev–Trinajstić information content (AvgIpc) is 2.58. The fourth-order valence-corrected chi connectivity index (χ4v) is 3.76. The van der Waals surface area contributed by atoms with Crippen molar-refractivity contribution >= 4 is 23.0 Å². The molecule has 6 heteroatoms. The van der Waals surface area contributed by atoms with Crippen LogP contribution >= 0.6 is 12.2 Å². The molecular formula is C19H31N3O2S. The number of nitrogens with one attached hydrogen (secondary N) is 2. The summed E-state index contributed by atoms with van der Waals surface area (Å²) in [4.78, 5) is 2.57. The predicted octanol–water partition coefficient (Wildman–Crippen LogP) is 3.36. The van der Waals surface area contributed by atoms with E-state index in [1.807, 2.05) is 18.2 Å². The van der Waals surface area contributed by atoms with E-state index < -0.39 is 0 Å². The first-order valence-electron chi connectivity index (χ1n) is 9.01. The van der Waals surface area contributed by atoms with Gasteiger partial charge in [0.05, 0.1) is 19.9 Å². The van der Waals surface area contributed by atoms with Crippen LogP contribution in [0, 0.1) is 11.8 Å². The third-order valence-corrected chi connectivity index (χ3v) is 4.78. The van der Waals surface area contributed by atoms with E-state index in [1.165, 1.54) is 19.5 Å². The Bertz CT molecular complexity index is 558. The Morgan fingerprint density at radius 2 is 1.92 bits per heavy atom. The maximum absolute atomic E-state index is 5.39. The summed E-state index contributed by atoms with van der Waals surface area (Å²) in [6.45, 7) is 9.12. The number of ether oxygens (including phenoxy) is 2. The zero-order valence-electron chi connectivity index (χ0n) is 15.8. The second kappa shape index (κ2) is 9.82. The molecule has 0 aliphatic carbocycles. The van der Waals surface area contributed by atoms with E-state index in [4.69, 9.17) is 21.7 Å². The van der Waals surface area contributed by atoms with E-state index in [1.54, 1.807) is 14.2 Å². The van der Waals surface area contributed by atoms with E-state index in [2.05, 4.69) is 29.4 Å². The molecule has 1 aliphatic heterocycles. The molecule has 2 atom stereocenters. The molecule has 2 rings (SSSR count). The van der Waals surface area contributed by atoms with Crippen molar-refractivity contribution in [3.63, 3.8) is 0 Å². The van der Waals surface area contributed by atoms with Crippen LogP contribution in [0.15, 0.2) is 18.2 Å². The Morgan fingerprint density at radius 1 is 1.20 bits per heavy atom. The number of anilines is 1. The molecule has 2 N–H and O–H groups in total. The van der Waals surface area contributed by atoms with Gasteiger partial charge in [-0.15, -0.1) is 0 Å². The molecule has 0 spiro atoms. The number of hydrogen-bond acceptors (Lipinski definition) is 4. The van der Waals surface area contributed by atoms with Crippen LogP contribution in [0.5, 0.6) is 11.5 Å². The minimum absolute atomic E-state index is 0.615. The van der Waals surface area contributed by atoms with Crippen LogP contribution in [0.2, 0.25) is 0 Å². The molecule has 0 radical (unpaired) electrons. The molecule has 1 aromatic carbocycles. The Hall–Kier alpha value is -1.53. The lowest BCUT2D eigenvalue weighted by Crippen LogP contribution is -2.40. The van der Waals surface area contributed by atoms with E-state index in [-0.39, 0.29) is 0 Å². The SMILES string of the molecule is COc1ccc(NC(=S)NCCCN2CC(C)CC(C)C2)c(OC)c1. The zero-order valence-corrected chi connectivity index (χ0v) is 16.6. The van der Waals surface area contributed by atoms with Crippen LogP contribution in [0.3, 0.4) is 0 Å². The Kier molecular flexibility index (Phi) is 7.78. The van der Waals surface area contributed by atoms with E-state index in [0.717, 1.165) is 42.8 Å². The molecule has 0 bridgehead atoms. The van der Waals surface area contributed by atoms with Gasteiger partial charge in [-0.1, -0.05) is 13.8 Å². The molecule has 1 fully saturated rings. The number of rotatable bonds is 7. The van der Waals surface area contributed by atoms with E-state index in [0.29, 0.717) is 10.9 Å². The normalized spacial score (nSPS) is 20.8. The fourth-order valence-electron chi connectivity index (χ4n) is 3.55. The van der Waals surface area contributed by atoms with Crippen LogP contribution < -0.4 is 20.1 Å². The summed E-state index contributed by atoms with van der Waals surface area (Å²) in [5.74, 6) is 3.08. The number of thiocarbonyl (C=S) groups is 1. The third-order valence-electron chi connectivity index (χ3n) is 4.54. The number of likely N-dealkylation sites (tertiary alicyclic amines) is 1. The first kappa shape index (κ1) is 19.8. The topological polar surface area (TPSA) is 45.8 Å². The van der Waals surface area contributed by atoms with Gasteiger partial charge in [-0.25, -0.2) is 0 Å². The van der Waals surface area contributed by atoms with Crippen LogP contribution in [0.25, 0.3) is 0 Å². The summed E-state index contributed by atoms with van der Waals surface area (Å²) < 4.78 is 10.6. The molecule has 5 nitrogen and oxygen atoms in total. The minimum Gasteiger partial charge on any atom is -0.497 e. The van der Waals surface area contributed by atoms with Crippen LogP contribution in [-0.4, -0.2) is 50.4 Å². The van der Waals surface area contributed by atoms with Crippen LogP contribution in [0.1, 0.15) is 26.7 Å². The highest BCUT2D eigenvalue weighted by molar-refractivity contribution is 7.80. The lowest BCUT2D eigenvalue weighted by atomic mass is 9.92. The maximum Gasteiger partial charge on any atom is 0.170 e. The van der Waals surface area contributed by atoms with Gasteiger partial charge in [0.1, 0.15) is 11.5 Å². The van der Waals surface area contributed by atoms with E-state index >= 15 is 0 Å². The van der Waals surface area contributed by atoms with Crippen molar-refractivity contribution in [2.75, 3.05) is 45.7 Å². The Labute approximate surface area is 157 Å². The molecule has 25 heavy (non-hydrogen) atoms. The van der Waals surface area contributed by atoms with Crippen molar-refractivity contribution in [1.29, 1.82) is 0 Å². The highest BCUT2D eigenvalue weighted by Crippen LogP contribution is 2.28. The molecule has 1 aliphatic rings. The molecule has 0 amide bonds. The number of nitrogens with zero attached hydrogens (tertiary/aromatic N) is 1. The van der Waals surface area contributed by atoms with Gasteiger partial charge in [0.25, 0.3) is 0 Å². The van der Waals surface area contributed by atoms with Gasteiger partial charge in [0.2, 0.25) is 0 Å². The van der Waals surface area contributed by atoms with Gasteiger partial charge in [0, 0.05) is 25.7 Å². The molecule has 0 aromatic heterocycles.